The van der Waals surface area contributed by atoms with Crippen LogP contribution in [-0.2, 0) is 10.0 Å². The van der Waals surface area contributed by atoms with Gasteiger partial charge in [0.25, 0.3) is 10.0 Å². The summed E-state index contributed by atoms with van der Waals surface area (Å²) in [5, 5.41) is 1.07. The van der Waals surface area contributed by atoms with Crippen molar-refractivity contribution in [3.05, 3.63) is 76.8 Å². The summed E-state index contributed by atoms with van der Waals surface area (Å²) in [6.45, 7) is 1.15. The molecule has 0 heterocycles. The molecule has 3 aromatic carbocycles. The van der Waals surface area contributed by atoms with E-state index in [0.717, 1.165) is 11.1 Å². The van der Waals surface area contributed by atoms with Crippen LogP contribution >= 0.6 is 23.2 Å². The second kappa shape index (κ2) is 9.71. The van der Waals surface area contributed by atoms with Crippen LogP contribution in [0.3, 0.4) is 0 Å². The molecular formula is C22H22Cl2N2O3S. The van der Waals surface area contributed by atoms with E-state index in [1.54, 1.807) is 54.6 Å². The number of sulfonamides is 1. The Morgan fingerprint density at radius 1 is 0.900 bits per heavy atom. The van der Waals surface area contributed by atoms with Gasteiger partial charge in [-0.1, -0.05) is 47.5 Å². The predicted octanol–water partition coefficient (Wildman–Crippen LogP) is 5.40. The Bertz CT molecular complexity index is 1100. The van der Waals surface area contributed by atoms with Crippen LogP contribution in [0.2, 0.25) is 10.0 Å². The molecule has 0 aliphatic rings. The first-order valence-corrected chi connectivity index (χ1v) is 11.4. The summed E-state index contributed by atoms with van der Waals surface area (Å²) >= 11 is 12.1. The summed E-state index contributed by atoms with van der Waals surface area (Å²) in [5.41, 5.74) is 2.23. The van der Waals surface area contributed by atoms with E-state index in [0.29, 0.717) is 34.6 Å². The van der Waals surface area contributed by atoms with Crippen LogP contribution < -0.4 is 9.46 Å². The Morgan fingerprint density at radius 3 is 2.10 bits per heavy atom. The van der Waals surface area contributed by atoms with Crippen molar-refractivity contribution in [2.24, 2.45) is 0 Å². The first-order chi connectivity index (χ1) is 14.2. The van der Waals surface area contributed by atoms with Gasteiger partial charge in [0.05, 0.1) is 15.6 Å². The number of anilines is 1. The number of rotatable bonds is 8. The largest absolute Gasteiger partial charge is 0.491 e. The summed E-state index contributed by atoms with van der Waals surface area (Å²) in [7, 11) is 0.116. The van der Waals surface area contributed by atoms with Gasteiger partial charge in [-0.05, 0) is 61.6 Å². The van der Waals surface area contributed by atoms with E-state index >= 15 is 0 Å². The summed E-state index contributed by atoms with van der Waals surface area (Å²) in [6, 6.07) is 18.8. The quantitative estimate of drug-likeness (QED) is 0.484. The van der Waals surface area contributed by atoms with Crippen molar-refractivity contribution in [2.45, 2.75) is 4.90 Å². The van der Waals surface area contributed by atoms with Gasteiger partial charge in [-0.15, -0.1) is 0 Å². The molecule has 30 heavy (non-hydrogen) atoms. The number of halogens is 2. The van der Waals surface area contributed by atoms with Crippen molar-refractivity contribution in [1.29, 1.82) is 0 Å². The highest BCUT2D eigenvalue weighted by Gasteiger charge is 2.15. The van der Waals surface area contributed by atoms with Gasteiger partial charge in [0.2, 0.25) is 0 Å². The lowest BCUT2D eigenvalue weighted by Gasteiger charge is -2.14. The van der Waals surface area contributed by atoms with E-state index < -0.39 is 10.0 Å². The van der Waals surface area contributed by atoms with Crippen LogP contribution in [0, 0.1) is 0 Å². The van der Waals surface area contributed by atoms with E-state index in [-0.39, 0.29) is 4.90 Å². The molecule has 0 amide bonds. The zero-order chi connectivity index (χ0) is 21.7. The van der Waals surface area contributed by atoms with Crippen molar-refractivity contribution in [1.82, 2.24) is 4.90 Å². The van der Waals surface area contributed by atoms with E-state index in [2.05, 4.69) is 4.72 Å². The fourth-order valence-corrected chi connectivity index (χ4v) is 4.05. The zero-order valence-electron chi connectivity index (χ0n) is 16.6. The maximum Gasteiger partial charge on any atom is 0.261 e. The van der Waals surface area contributed by atoms with Gasteiger partial charge in [0, 0.05) is 17.6 Å². The number of benzene rings is 3. The normalized spacial score (nSPS) is 11.5. The first kappa shape index (κ1) is 22.4. The molecule has 3 aromatic rings. The minimum Gasteiger partial charge on any atom is -0.491 e. The van der Waals surface area contributed by atoms with E-state index in [9.17, 15) is 8.42 Å². The van der Waals surface area contributed by atoms with Crippen molar-refractivity contribution < 1.29 is 13.2 Å². The maximum atomic E-state index is 12.8. The highest BCUT2D eigenvalue weighted by molar-refractivity contribution is 7.92. The van der Waals surface area contributed by atoms with Crippen molar-refractivity contribution in [3.63, 3.8) is 0 Å². The molecular weight excluding hydrogens is 443 g/mol. The summed E-state index contributed by atoms with van der Waals surface area (Å²) in [5.74, 6) is 0.428. The van der Waals surface area contributed by atoms with E-state index in [1.165, 1.54) is 0 Å². The van der Waals surface area contributed by atoms with Crippen LogP contribution in [0.25, 0.3) is 11.1 Å². The minimum atomic E-state index is -3.76. The molecule has 158 valence electrons. The molecule has 0 aliphatic heterocycles. The predicted molar refractivity (Wildman–Crippen MR) is 123 cm³/mol. The molecule has 0 radical (unpaired) electrons. The molecule has 3 rings (SSSR count). The second-order valence-corrected chi connectivity index (χ2v) is 9.46. The smallest absolute Gasteiger partial charge is 0.261 e. The molecule has 0 saturated heterocycles. The van der Waals surface area contributed by atoms with Crippen LogP contribution in [0.4, 0.5) is 5.69 Å². The summed E-state index contributed by atoms with van der Waals surface area (Å²) in [6.07, 6.45) is 0. The Labute approximate surface area is 187 Å². The van der Waals surface area contributed by atoms with Gasteiger partial charge >= 0.3 is 0 Å². The number of hydrogen-bond acceptors (Lipinski definition) is 4. The first-order valence-electron chi connectivity index (χ1n) is 9.20. The molecule has 0 atom stereocenters. The lowest BCUT2D eigenvalue weighted by atomic mass is 10.1. The Kier molecular flexibility index (Phi) is 7.26. The van der Waals surface area contributed by atoms with Gasteiger partial charge in [0.1, 0.15) is 12.4 Å². The molecule has 8 heteroatoms. The van der Waals surface area contributed by atoms with Gasteiger partial charge in [-0.2, -0.15) is 0 Å². The summed E-state index contributed by atoms with van der Waals surface area (Å²) in [4.78, 5) is 2.14. The number of hydrogen-bond donors (Lipinski definition) is 1. The number of ether oxygens (including phenoxy) is 1. The van der Waals surface area contributed by atoms with Crippen molar-refractivity contribution >= 4 is 38.9 Å². The lowest BCUT2D eigenvalue weighted by molar-refractivity contribution is 0.261. The van der Waals surface area contributed by atoms with Crippen LogP contribution in [0.15, 0.2) is 71.6 Å². The van der Waals surface area contributed by atoms with Gasteiger partial charge < -0.3 is 9.64 Å². The molecule has 0 bridgehead atoms. The molecule has 0 unspecified atom stereocenters. The van der Waals surface area contributed by atoms with Gasteiger partial charge in [-0.3, -0.25) is 4.72 Å². The third kappa shape index (κ3) is 5.89. The van der Waals surface area contributed by atoms with Crippen LogP contribution in [-0.4, -0.2) is 40.6 Å². The molecule has 0 spiro atoms. The van der Waals surface area contributed by atoms with Gasteiger partial charge in [-0.25, -0.2) is 8.42 Å². The zero-order valence-corrected chi connectivity index (χ0v) is 18.9. The monoisotopic (exact) mass is 464 g/mol. The van der Waals surface area contributed by atoms with Crippen LogP contribution in [0.5, 0.6) is 5.75 Å². The lowest BCUT2D eigenvalue weighted by Crippen LogP contribution is -2.19. The fourth-order valence-electron chi connectivity index (χ4n) is 2.70. The number of nitrogens with one attached hydrogen (secondary N) is 1. The topological polar surface area (TPSA) is 58.6 Å². The second-order valence-electron chi connectivity index (χ2n) is 6.93. The van der Waals surface area contributed by atoms with Crippen LogP contribution in [0.1, 0.15) is 0 Å². The summed E-state index contributed by atoms with van der Waals surface area (Å²) < 4.78 is 33.8. The van der Waals surface area contributed by atoms with Crippen molar-refractivity contribution in [3.8, 4) is 16.9 Å². The maximum absolute atomic E-state index is 12.8. The SMILES string of the molecule is CN(C)CCOc1cc(NS(=O)(=O)c2ccc(-c3ccc(Cl)cc3)cc2)ccc1Cl. The molecule has 0 aromatic heterocycles. The molecule has 1 N–H and O–H groups in total. The third-order valence-corrected chi connectivity index (χ3v) is 6.28. The van der Waals surface area contributed by atoms with E-state index in [1.807, 2.05) is 31.1 Å². The fraction of sp³-hybridized carbons (Fsp3) is 0.182. The van der Waals surface area contributed by atoms with Crippen molar-refractivity contribution in [2.75, 3.05) is 32.0 Å². The Hall–Kier alpha value is -2.25. The Balaban J connectivity index is 1.75. The molecule has 0 fully saturated rings. The highest BCUT2D eigenvalue weighted by Crippen LogP contribution is 2.29. The molecule has 0 aliphatic carbocycles. The van der Waals surface area contributed by atoms with E-state index in [4.69, 9.17) is 27.9 Å². The minimum absolute atomic E-state index is 0.158. The molecule has 0 saturated carbocycles. The average molecular weight is 465 g/mol. The highest BCUT2D eigenvalue weighted by atomic mass is 35.5. The third-order valence-electron chi connectivity index (χ3n) is 4.32. The number of likely N-dealkylation sites (N-methyl/N-ethyl adjacent to an activating group) is 1. The standard InChI is InChI=1S/C22H22Cl2N2O3S/c1-26(2)13-14-29-22-15-19(9-12-21(22)24)25-30(27,28)20-10-5-17(6-11-20)16-3-7-18(23)8-4-16/h3-12,15,25H,13-14H2,1-2H3. The Morgan fingerprint density at radius 2 is 1.50 bits per heavy atom. The average Bonchev–Trinajstić information content (AvgIpc) is 2.70. The molecule has 5 nitrogen and oxygen atoms in total. The number of nitrogens with zero attached hydrogens (tertiary/aromatic N) is 1. The van der Waals surface area contributed by atoms with Gasteiger partial charge in [0.15, 0.2) is 0 Å².